The molecule has 1 rings (SSSR count). The number of rotatable bonds is 9. The molecule has 2 nitrogen and oxygen atoms in total. The molecular formula is C17H24O2. The first-order chi connectivity index (χ1) is 9.22. The zero-order chi connectivity index (χ0) is 13.9. The second kappa shape index (κ2) is 9.37. The molecule has 0 aliphatic carbocycles. The smallest absolute Gasteiger partial charge is 0.328 e. The lowest BCUT2D eigenvalue weighted by molar-refractivity contribution is -0.131. The molecule has 0 atom stereocenters. The van der Waals surface area contributed by atoms with Gasteiger partial charge in [0.05, 0.1) is 0 Å². The van der Waals surface area contributed by atoms with E-state index in [-0.39, 0.29) is 0 Å². The molecule has 19 heavy (non-hydrogen) atoms. The minimum Gasteiger partial charge on any atom is -0.478 e. The maximum atomic E-state index is 10.4. The van der Waals surface area contributed by atoms with Crippen LogP contribution in [0.4, 0.5) is 0 Å². The van der Waals surface area contributed by atoms with Crippen molar-refractivity contribution in [2.45, 2.75) is 51.9 Å². The molecule has 0 unspecified atom stereocenters. The largest absolute Gasteiger partial charge is 0.478 e. The maximum absolute atomic E-state index is 10.4. The van der Waals surface area contributed by atoms with Gasteiger partial charge in [-0.15, -0.1) is 0 Å². The van der Waals surface area contributed by atoms with Gasteiger partial charge in [0.2, 0.25) is 0 Å². The molecule has 0 heterocycles. The van der Waals surface area contributed by atoms with E-state index in [0.29, 0.717) is 0 Å². The third-order valence-electron chi connectivity index (χ3n) is 3.22. The van der Waals surface area contributed by atoms with Gasteiger partial charge in [-0.25, -0.2) is 4.79 Å². The summed E-state index contributed by atoms with van der Waals surface area (Å²) in [5.74, 6) is -0.906. The Morgan fingerprint density at radius 3 is 2.32 bits per heavy atom. The van der Waals surface area contributed by atoms with E-state index in [1.54, 1.807) is 6.08 Å². The zero-order valence-electron chi connectivity index (χ0n) is 11.8. The molecule has 0 amide bonds. The van der Waals surface area contributed by atoms with Crippen molar-refractivity contribution in [3.8, 4) is 0 Å². The first kappa shape index (κ1) is 15.5. The maximum Gasteiger partial charge on any atom is 0.328 e. The van der Waals surface area contributed by atoms with Crippen molar-refractivity contribution >= 4 is 12.0 Å². The highest BCUT2D eigenvalue weighted by molar-refractivity contribution is 5.85. The Morgan fingerprint density at radius 2 is 1.68 bits per heavy atom. The summed E-state index contributed by atoms with van der Waals surface area (Å²) in [6, 6.07) is 8.14. The van der Waals surface area contributed by atoms with Crippen LogP contribution in [-0.2, 0) is 11.2 Å². The predicted octanol–water partition coefficient (Wildman–Crippen LogP) is 4.69. The lowest BCUT2D eigenvalue weighted by Crippen LogP contribution is -1.88. The monoisotopic (exact) mass is 260 g/mol. The van der Waals surface area contributed by atoms with E-state index in [4.69, 9.17) is 5.11 Å². The third kappa shape index (κ3) is 7.45. The fourth-order valence-electron chi connectivity index (χ4n) is 2.07. The second-order valence-electron chi connectivity index (χ2n) is 4.93. The lowest BCUT2D eigenvalue weighted by atomic mass is 10.0. The molecule has 1 aromatic carbocycles. The first-order valence-electron chi connectivity index (χ1n) is 7.22. The Morgan fingerprint density at radius 1 is 1.05 bits per heavy atom. The van der Waals surface area contributed by atoms with Crippen LogP contribution in [0.25, 0.3) is 6.08 Å². The van der Waals surface area contributed by atoms with Gasteiger partial charge < -0.3 is 5.11 Å². The van der Waals surface area contributed by atoms with Gasteiger partial charge in [-0.1, -0.05) is 63.3 Å². The van der Waals surface area contributed by atoms with E-state index < -0.39 is 5.97 Å². The Hall–Kier alpha value is -1.57. The summed E-state index contributed by atoms with van der Waals surface area (Å²) in [6.45, 7) is 2.24. The van der Waals surface area contributed by atoms with Crippen LogP contribution in [0.15, 0.2) is 30.3 Å². The predicted molar refractivity (Wildman–Crippen MR) is 80.2 cm³/mol. The van der Waals surface area contributed by atoms with Crippen molar-refractivity contribution in [1.82, 2.24) is 0 Å². The molecule has 1 N–H and O–H groups in total. The average Bonchev–Trinajstić information content (AvgIpc) is 2.41. The number of aryl methyl sites for hydroxylation is 1. The summed E-state index contributed by atoms with van der Waals surface area (Å²) >= 11 is 0. The van der Waals surface area contributed by atoms with Gasteiger partial charge in [-0.3, -0.25) is 0 Å². The molecule has 0 spiro atoms. The SMILES string of the molecule is CCCCCCCCc1ccc(/C=C/C(=O)O)cc1. The fourth-order valence-corrected chi connectivity index (χ4v) is 2.07. The summed E-state index contributed by atoms with van der Waals surface area (Å²) in [4.78, 5) is 10.4. The van der Waals surface area contributed by atoms with Gasteiger partial charge in [0.1, 0.15) is 0 Å². The highest BCUT2D eigenvalue weighted by atomic mass is 16.4. The molecule has 0 radical (unpaired) electrons. The minimum absolute atomic E-state index is 0.906. The van der Waals surface area contributed by atoms with Crippen LogP contribution < -0.4 is 0 Å². The molecule has 2 heteroatoms. The van der Waals surface area contributed by atoms with Crippen LogP contribution >= 0.6 is 0 Å². The van der Waals surface area contributed by atoms with Crippen LogP contribution in [0.1, 0.15) is 56.6 Å². The van der Waals surface area contributed by atoms with Gasteiger partial charge in [-0.2, -0.15) is 0 Å². The molecule has 0 bridgehead atoms. The Bertz CT molecular complexity index is 390. The molecule has 104 valence electrons. The molecule has 0 fully saturated rings. The molecular weight excluding hydrogens is 236 g/mol. The van der Waals surface area contributed by atoms with Crippen LogP contribution in [0, 0.1) is 0 Å². The molecule has 0 aromatic heterocycles. The third-order valence-corrected chi connectivity index (χ3v) is 3.22. The normalized spacial score (nSPS) is 11.0. The standard InChI is InChI=1S/C17H24O2/c1-2-3-4-5-6-7-8-15-9-11-16(12-10-15)13-14-17(18)19/h9-14H,2-8H2,1H3,(H,18,19)/b14-13+. The lowest BCUT2D eigenvalue weighted by Gasteiger charge is -2.02. The molecule has 0 aliphatic rings. The van der Waals surface area contributed by atoms with Crippen molar-refractivity contribution in [1.29, 1.82) is 0 Å². The second-order valence-corrected chi connectivity index (χ2v) is 4.93. The fraction of sp³-hybridized carbons (Fsp3) is 0.471. The number of carboxylic acids is 1. The quantitative estimate of drug-likeness (QED) is 0.516. The van der Waals surface area contributed by atoms with Crippen LogP contribution in [0.3, 0.4) is 0 Å². The number of benzene rings is 1. The number of unbranched alkanes of at least 4 members (excludes halogenated alkanes) is 5. The van der Waals surface area contributed by atoms with E-state index >= 15 is 0 Å². The number of carbonyl (C=O) groups is 1. The van der Waals surface area contributed by atoms with Gasteiger partial charge in [0.25, 0.3) is 0 Å². The average molecular weight is 260 g/mol. The topological polar surface area (TPSA) is 37.3 Å². The summed E-state index contributed by atoms with van der Waals surface area (Å²) in [7, 11) is 0. The Kier molecular flexibility index (Phi) is 7.64. The van der Waals surface area contributed by atoms with Gasteiger partial charge >= 0.3 is 5.97 Å². The first-order valence-corrected chi connectivity index (χ1v) is 7.22. The highest BCUT2D eigenvalue weighted by Gasteiger charge is 1.95. The van der Waals surface area contributed by atoms with Crippen molar-refractivity contribution < 1.29 is 9.90 Å². The highest BCUT2D eigenvalue weighted by Crippen LogP contribution is 2.11. The Balaban J connectivity index is 2.26. The number of hydrogen-bond acceptors (Lipinski definition) is 1. The molecule has 1 aromatic rings. The van der Waals surface area contributed by atoms with Gasteiger partial charge in [0, 0.05) is 6.08 Å². The van der Waals surface area contributed by atoms with Crippen molar-refractivity contribution in [2.24, 2.45) is 0 Å². The van der Waals surface area contributed by atoms with Crippen LogP contribution in [0.5, 0.6) is 0 Å². The summed E-state index contributed by atoms with van der Waals surface area (Å²) in [5, 5.41) is 8.55. The molecule has 0 saturated carbocycles. The number of aliphatic carboxylic acids is 1. The summed E-state index contributed by atoms with van der Waals surface area (Å²) in [5.41, 5.74) is 2.28. The van der Waals surface area contributed by atoms with E-state index in [2.05, 4.69) is 19.1 Å². The van der Waals surface area contributed by atoms with Crippen LogP contribution in [-0.4, -0.2) is 11.1 Å². The minimum atomic E-state index is -0.906. The Labute approximate surface area is 116 Å². The van der Waals surface area contributed by atoms with Crippen molar-refractivity contribution in [3.05, 3.63) is 41.5 Å². The van der Waals surface area contributed by atoms with Crippen LogP contribution in [0.2, 0.25) is 0 Å². The van der Waals surface area contributed by atoms with E-state index in [1.807, 2.05) is 12.1 Å². The number of hydrogen-bond donors (Lipinski definition) is 1. The van der Waals surface area contributed by atoms with Crippen molar-refractivity contribution in [3.63, 3.8) is 0 Å². The summed E-state index contributed by atoms with van der Waals surface area (Å²) < 4.78 is 0. The van der Waals surface area contributed by atoms with E-state index in [9.17, 15) is 4.79 Å². The van der Waals surface area contributed by atoms with Crippen molar-refractivity contribution in [2.75, 3.05) is 0 Å². The van der Waals surface area contributed by atoms with Gasteiger partial charge in [0.15, 0.2) is 0 Å². The van der Waals surface area contributed by atoms with Gasteiger partial charge in [-0.05, 0) is 30.0 Å². The molecule has 0 aliphatic heterocycles. The zero-order valence-corrected chi connectivity index (χ0v) is 11.8. The van der Waals surface area contributed by atoms with E-state index in [0.717, 1.165) is 12.0 Å². The molecule has 0 saturated heterocycles. The number of carboxylic acid groups (broad SMARTS) is 1. The van der Waals surface area contributed by atoms with E-state index in [1.165, 1.54) is 50.2 Å². The summed E-state index contributed by atoms with van der Waals surface area (Å²) in [6.07, 6.45) is 11.8.